The molecule has 0 radical (unpaired) electrons. The number of amides is 1. The lowest BCUT2D eigenvalue weighted by atomic mass is 10.1. The molecule has 0 bridgehead atoms. The molecule has 3 N–H and O–H groups in total. The Kier molecular flexibility index (Phi) is 3.61. The summed E-state index contributed by atoms with van der Waals surface area (Å²) in [6.07, 6.45) is 0. The monoisotopic (exact) mass is 254 g/mol. The van der Waals surface area contributed by atoms with Crippen LogP contribution in [0.25, 0.3) is 0 Å². The van der Waals surface area contributed by atoms with E-state index in [1.807, 2.05) is 12.1 Å². The topological polar surface area (TPSA) is 72.2 Å². The lowest BCUT2D eigenvalue weighted by Crippen LogP contribution is -2.10. The fourth-order valence-electron chi connectivity index (χ4n) is 1.70. The van der Waals surface area contributed by atoms with Crippen molar-refractivity contribution in [3.63, 3.8) is 0 Å². The Hall–Kier alpha value is -2.62. The Morgan fingerprint density at radius 1 is 0.947 bits per heavy atom. The number of nitrogens with two attached hydrogens (primary N) is 1. The van der Waals surface area contributed by atoms with Crippen LogP contribution < -0.4 is 11.1 Å². The normalized spacial score (nSPS) is 9.95. The van der Waals surface area contributed by atoms with E-state index in [0.29, 0.717) is 11.1 Å². The second-order valence-corrected chi connectivity index (χ2v) is 4.20. The standard InChI is InChI=1S/C15H14N2O2/c1-10(18)12-3-2-4-14(9-12)17-13-7-5-11(6-8-13)15(16)19/h2-9,17H,1H3,(H2,16,19). The summed E-state index contributed by atoms with van der Waals surface area (Å²) in [6.45, 7) is 1.53. The average Bonchev–Trinajstić information content (AvgIpc) is 2.39. The Morgan fingerprint density at radius 2 is 1.63 bits per heavy atom. The lowest BCUT2D eigenvalue weighted by Gasteiger charge is -2.07. The molecule has 0 aliphatic carbocycles. The highest BCUT2D eigenvalue weighted by Gasteiger charge is 2.02. The van der Waals surface area contributed by atoms with E-state index in [9.17, 15) is 9.59 Å². The van der Waals surface area contributed by atoms with Crippen LogP contribution in [-0.2, 0) is 0 Å². The Balaban J connectivity index is 2.19. The highest BCUT2D eigenvalue weighted by atomic mass is 16.1. The molecule has 19 heavy (non-hydrogen) atoms. The van der Waals surface area contributed by atoms with Crippen molar-refractivity contribution < 1.29 is 9.59 Å². The Morgan fingerprint density at radius 3 is 2.21 bits per heavy atom. The summed E-state index contributed by atoms with van der Waals surface area (Å²) < 4.78 is 0. The van der Waals surface area contributed by atoms with E-state index in [0.717, 1.165) is 11.4 Å². The predicted molar refractivity (Wildman–Crippen MR) is 74.7 cm³/mol. The third kappa shape index (κ3) is 3.19. The number of primary amides is 1. The van der Waals surface area contributed by atoms with Crippen LogP contribution in [0, 0.1) is 0 Å². The quantitative estimate of drug-likeness (QED) is 0.824. The number of anilines is 2. The number of hydrogen-bond acceptors (Lipinski definition) is 3. The zero-order chi connectivity index (χ0) is 13.8. The summed E-state index contributed by atoms with van der Waals surface area (Å²) in [5.41, 5.74) is 7.93. The fourth-order valence-corrected chi connectivity index (χ4v) is 1.70. The van der Waals surface area contributed by atoms with Crippen LogP contribution in [0.1, 0.15) is 27.6 Å². The van der Waals surface area contributed by atoms with E-state index >= 15 is 0 Å². The number of benzene rings is 2. The molecule has 4 heteroatoms. The van der Waals surface area contributed by atoms with Crippen LogP contribution in [0.2, 0.25) is 0 Å². The van der Waals surface area contributed by atoms with Gasteiger partial charge in [0.05, 0.1) is 0 Å². The van der Waals surface area contributed by atoms with Gasteiger partial charge >= 0.3 is 0 Å². The summed E-state index contributed by atoms with van der Waals surface area (Å²) >= 11 is 0. The molecule has 0 aliphatic rings. The first-order chi connectivity index (χ1) is 9.06. The first kappa shape index (κ1) is 12.8. The van der Waals surface area contributed by atoms with E-state index < -0.39 is 5.91 Å². The van der Waals surface area contributed by atoms with Crippen LogP contribution in [0.3, 0.4) is 0 Å². The van der Waals surface area contributed by atoms with E-state index in [2.05, 4.69) is 5.32 Å². The number of Topliss-reactive ketones (excluding diaryl/α,β-unsaturated/α-hetero) is 1. The van der Waals surface area contributed by atoms with Crippen molar-refractivity contribution in [1.29, 1.82) is 0 Å². The molecule has 0 saturated carbocycles. The first-order valence-electron chi connectivity index (χ1n) is 5.84. The van der Waals surface area contributed by atoms with E-state index in [1.54, 1.807) is 36.4 Å². The molecule has 96 valence electrons. The van der Waals surface area contributed by atoms with Crippen LogP contribution in [0.15, 0.2) is 48.5 Å². The molecular weight excluding hydrogens is 240 g/mol. The largest absolute Gasteiger partial charge is 0.366 e. The number of hydrogen-bond donors (Lipinski definition) is 2. The molecule has 0 aliphatic heterocycles. The SMILES string of the molecule is CC(=O)c1cccc(Nc2ccc(C(N)=O)cc2)c1. The van der Waals surface area contributed by atoms with Gasteiger partial charge in [-0.15, -0.1) is 0 Å². The van der Waals surface area contributed by atoms with E-state index in [1.165, 1.54) is 6.92 Å². The van der Waals surface area contributed by atoms with Crippen molar-refractivity contribution in [2.24, 2.45) is 5.73 Å². The maximum absolute atomic E-state index is 11.3. The molecule has 0 aromatic heterocycles. The molecule has 0 atom stereocenters. The van der Waals surface area contributed by atoms with Crippen LogP contribution in [-0.4, -0.2) is 11.7 Å². The summed E-state index contributed by atoms with van der Waals surface area (Å²) in [6, 6.07) is 14.1. The highest BCUT2D eigenvalue weighted by Crippen LogP contribution is 2.18. The second kappa shape index (κ2) is 5.35. The zero-order valence-corrected chi connectivity index (χ0v) is 10.5. The summed E-state index contributed by atoms with van der Waals surface area (Å²) in [5, 5.41) is 3.16. The second-order valence-electron chi connectivity index (χ2n) is 4.20. The van der Waals surface area contributed by atoms with Gasteiger partial charge in [-0.1, -0.05) is 12.1 Å². The molecule has 2 aromatic rings. The van der Waals surface area contributed by atoms with Crippen molar-refractivity contribution in [2.75, 3.05) is 5.32 Å². The number of rotatable bonds is 4. The molecule has 0 spiro atoms. The molecular formula is C15H14N2O2. The summed E-state index contributed by atoms with van der Waals surface area (Å²) in [4.78, 5) is 22.2. The van der Waals surface area contributed by atoms with Gasteiger partial charge in [-0.2, -0.15) is 0 Å². The van der Waals surface area contributed by atoms with E-state index in [4.69, 9.17) is 5.73 Å². The van der Waals surface area contributed by atoms with Gasteiger partial charge in [-0.3, -0.25) is 9.59 Å². The zero-order valence-electron chi connectivity index (χ0n) is 10.5. The van der Waals surface area contributed by atoms with Crippen LogP contribution in [0.5, 0.6) is 0 Å². The number of ketones is 1. The van der Waals surface area contributed by atoms with Crippen molar-refractivity contribution in [3.8, 4) is 0 Å². The van der Waals surface area contributed by atoms with Crippen molar-refractivity contribution in [1.82, 2.24) is 0 Å². The van der Waals surface area contributed by atoms with Gasteiger partial charge in [0, 0.05) is 22.5 Å². The minimum atomic E-state index is -0.454. The Labute approximate surface area is 111 Å². The maximum atomic E-state index is 11.3. The van der Waals surface area contributed by atoms with Gasteiger partial charge in [0.1, 0.15) is 0 Å². The fraction of sp³-hybridized carbons (Fsp3) is 0.0667. The highest BCUT2D eigenvalue weighted by molar-refractivity contribution is 5.95. The minimum absolute atomic E-state index is 0.0210. The van der Waals surface area contributed by atoms with Gasteiger partial charge in [-0.05, 0) is 43.3 Å². The predicted octanol–water partition coefficient (Wildman–Crippen LogP) is 2.73. The third-order valence-corrected chi connectivity index (χ3v) is 2.73. The molecule has 2 aromatic carbocycles. The third-order valence-electron chi connectivity index (χ3n) is 2.73. The molecule has 0 fully saturated rings. The van der Waals surface area contributed by atoms with E-state index in [-0.39, 0.29) is 5.78 Å². The first-order valence-corrected chi connectivity index (χ1v) is 5.84. The van der Waals surface area contributed by atoms with Crippen molar-refractivity contribution >= 4 is 23.1 Å². The average molecular weight is 254 g/mol. The number of carbonyl (C=O) groups excluding carboxylic acids is 2. The van der Waals surface area contributed by atoms with Gasteiger partial charge < -0.3 is 11.1 Å². The minimum Gasteiger partial charge on any atom is -0.366 e. The maximum Gasteiger partial charge on any atom is 0.248 e. The summed E-state index contributed by atoms with van der Waals surface area (Å²) in [5.74, 6) is -0.433. The number of carbonyl (C=O) groups is 2. The summed E-state index contributed by atoms with van der Waals surface area (Å²) in [7, 11) is 0. The molecule has 1 amide bonds. The van der Waals surface area contributed by atoms with Gasteiger partial charge in [0.15, 0.2) is 5.78 Å². The molecule has 0 saturated heterocycles. The molecule has 0 unspecified atom stereocenters. The lowest BCUT2D eigenvalue weighted by molar-refractivity contribution is 0.0996. The number of nitrogens with one attached hydrogen (secondary N) is 1. The van der Waals surface area contributed by atoms with Crippen molar-refractivity contribution in [3.05, 3.63) is 59.7 Å². The van der Waals surface area contributed by atoms with Gasteiger partial charge in [0.2, 0.25) is 5.91 Å². The van der Waals surface area contributed by atoms with Gasteiger partial charge in [-0.25, -0.2) is 0 Å². The Bertz CT molecular complexity index is 618. The molecule has 2 rings (SSSR count). The molecule has 0 heterocycles. The van der Waals surface area contributed by atoms with Gasteiger partial charge in [0.25, 0.3) is 0 Å². The van der Waals surface area contributed by atoms with Crippen molar-refractivity contribution in [2.45, 2.75) is 6.92 Å². The smallest absolute Gasteiger partial charge is 0.248 e. The van der Waals surface area contributed by atoms with Crippen LogP contribution >= 0.6 is 0 Å². The van der Waals surface area contributed by atoms with Crippen LogP contribution in [0.4, 0.5) is 11.4 Å². The molecule has 4 nitrogen and oxygen atoms in total.